The van der Waals surface area contributed by atoms with Crippen LogP contribution < -0.4 is 0 Å². The largest absolute Gasteiger partial charge is 0.469 e. The minimum Gasteiger partial charge on any atom is -0.469 e. The number of esters is 1. The predicted octanol–water partition coefficient (Wildman–Crippen LogP) is 1.22. The van der Waals surface area contributed by atoms with Gasteiger partial charge in [-0.3, -0.25) is 14.3 Å². The molecule has 1 fully saturated rings. The predicted molar refractivity (Wildman–Crippen MR) is 72.8 cm³/mol. The molecule has 1 unspecified atom stereocenters. The number of methoxy groups -OCH3 is 1. The van der Waals surface area contributed by atoms with Crippen molar-refractivity contribution in [2.75, 3.05) is 13.7 Å². The van der Waals surface area contributed by atoms with Crippen molar-refractivity contribution in [3.05, 3.63) is 18.5 Å². The number of nitrogens with zero attached hydrogens (tertiary/aromatic N) is 3. The minimum atomic E-state index is -0.248. The molecule has 0 N–H and O–H groups in total. The van der Waals surface area contributed by atoms with Gasteiger partial charge in [0.1, 0.15) is 0 Å². The number of ether oxygens (including phenoxy) is 1. The molecular weight excluding hydrogens is 258 g/mol. The standard InChI is InChI=1S/C14H21N3O3/c1-20-14(19)11-12-5-2-3-9-17(12)13(18)6-10-16-8-4-7-15-16/h4,7-8,12H,2-3,5-6,9-11H2,1H3. The summed E-state index contributed by atoms with van der Waals surface area (Å²) in [5.41, 5.74) is 0. The van der Waals surface area contributed by atoms with Crippen LogP contribution in [0.25, 0.3) is 0 Å². The summed E-state index contributed by atoms with van der Waals surface area (Å²) >= 11 is 0. The van der Waals surface area contributed by atoms with Crippen LogP contribution in [0.15, 0.2) is 18.5 Å². The van der Waals surface area contributed by atoms with Crippen molar-refractivity contribution in [3.8, 4) is 0 Å². The van der Waals surface area contributed by atoms with E-state index in [1.54, 1.807) is 10.9 Å². The zero-order chi connectivity index (χ0) is 14.4. The lowest BCUT2D eigenvalue weighted by molar-refractivity contribution is -0.144. The molecule has 0 bridgehead atoms. The summed E-state index contributed by atoms with van der Waals surface area (Å²) in [6, 6.07) is 1.83. The van der Waals surface area contributed by atoms with Gasteiger partial charge in [-0.1, -0.05) is 0 Å². The van der Waals surface area contributed by atoms with E-state index in [9.17, 15) is 9.59 Å². The van der Waals surface area contributed by atoms with Crippen molar-refractivity contribution in [2.45, 2.75) is 44.7 Å². The van der Waals surface area contributed by atoms with Crippen LogP contribution in [0.2, 0.25) is 0 Å². The second kappa shape index (κ2) is 7.07. The molecule has 1 aliphatic heterocycles. The van der Waals surface area contributed by atoms with Crippen LogP contribution >= 0.6 is 0 Å². The number of likely N-dealkylation sites (tertiary alicyclic amines) is 1. The van der Waals surface area contributed by atoms with E-state index in [4.69, 9.17) is 4.74 Å². The van der Waals surface area contributed by atoms with Crippen LogP contribution in [0, 0.1) is 0 Å². The van der Waals surface area contributed by atoms with Gasteiger partial charge in [0.2, 0.25) is 5.91 Å². The second-order valence-corrected chi connectivity index (χ2v) is 5.04. The molecule has 1 amide bonds. The quantitative estimate of drug-likeness (QED) is 0.760. The van der Waals surface area contributed by atoms with Crippen molar-refractivity contribution in [1.29, 1.82) is 0 Å². The number of hydrogen-bond donors (Lipinski definition) is 0. The van der Waals surface area contributed by atoms with Gasteiger partial charge in [-0.15, -0.1) is 0 Å². The van der Waals surface area contributed by atoms with Crippen LogP contribution in [-0.2, 0) is 20.9 Å². The number of hydrogen-bond acceptors (Lipinski definition) is 4. The van der Waals surface area contributed by atoms with Crippen molar-refractivity contribution in [3.63, 3.8) is 0 Å². The van der Waals surface area contributed by atoms with Gasteiger partial charge in [-0.05, 0) is 25.3 Å². The Bertz CT molecular complexity index is 445. The van der Waals surface area contributed by atoms with Crippen molar-refractivity contribution < 1.29 is 14.3 Å². The fourth-order valence-corrected chi connectivity index (χ4v) is 2.60. The number of carbonyl (C=O) groups is 2. The normalized spacial score (nSPS) is 18.9. The van der Waals surface area contributed by atoms with E-state index >= 15 is 0 Å². The van der Waals surface area contributed by atoms with Gasteiger partial charge in [-0.2, -0.15) is 5.10 Å². The van der Waals surface area contributed by atoms with Crippen molar-refractivity contribution in [1.82, 2.24) is 14.7 Å². The highest BCUT2D eigenvalue weighted by Gasteiger charge is 2.28. The average molecular weight is 279 g/mol. The molecular formula is C14H21N3O3. The number of carbonyl (C=O) groups excluding carboxylic acids is 2. The van der Waals surface area contributed by atoms with Crippen LogP contribution in [0.1, 0.15) is 32.1 Å². The van der Waals surface area contributed by atoms with Crippen LogP contribution in [-0.4, -0.2) is 46.3 Å². The first-order chi connectivity index (χ1) is 9.70. The van der Waals surface area contributed by atoms with E-state index in [0.29, 0.717) is 19.4 Å². The Labute approximate surface area is 118 Å². The molecule has 0 spiro atoms. The van der Waals surface area contributed by atoms with Crippen LogP contribution in [0.4, 0.5) is 0 Å². The van der Waals surface area contributed by atoms with E-state index < -0.39 is 0 Å². The number of rotatable bonds is 5. The molecule has 0 radical (unpaired) electrons. The summed E-state index contributed by atoms with van der Waals surface area (Å²) < 4.78 is 6.46. The number of aryl methyl sites for hydroxylation is 1. The zero-order valence-electron chi connectivity index (χ0n) is 11.8. The highest BCUT2D eigenvalue weighted by atomic mass is 16.5. The van der Waals surface area contributed by atoms with Crippen LogP contribution in [0.5, 0.6) is 0 Å². The van der Waals surface area contributed by atoms with Gasteiger partial charge in [-0.25, -0.2) is 0 Å². The molecule has 0 aromatic carbocycles. The van der Waals surface area contributed by atoms with E-state index in [-0.39, 0.29) is 17.9 Å². The molecule has 1 aliphatic rings. The molecule has 1 aromatic rings. The summed E-state index contributed by atoms with van der Waals surface area (Å²) in [5, 5.41) is 4.09. The van der Waals surface area contributed by atoms with Crippen LogP contribution in [0.3, 0.4) is 0 Å². The maximum absolute atomic E-state index is 12.3. The number of piperidine rings is 1. The highest BCUT2D eigenvalue weighted by Crippen LogP contribution is 2.21. The lowest BCUT2D eigenvalue weighted by Gasteiger charge is -2.35. The SMILES string of the molecule is COC(=O)CC1CCCCN1C(=O)CCn1cccn1. The maximum Gasteiger partial charge on any atom is 0.307 e. The lowest BCUT2D eigenvalue weighted by atomic mass is 9.99. The molecule has 2 heterocycles. The molecule has 1 aromatic heterocycles. The molecule has 6 heteroatoms. The molecule has 2 rings (SSSR count). The monoisotopic (exact) mass is 279 g/mol. The van der Waals surface area contributed by atoms with Gasteiger partial charge < -0.3 is 9.64 Å². The lowest BCUT2D eigenvalue weighted by Crippen LogP contribution is -2.45. The summed E-state index contributed by atoms with van der Waals surface area (Å²) in [5.74, 6) is -0.157. The first-order valence-corrected chi connectivity index (χ1v) is 7.04. The zero-order valence-corrected chi connectivity index (χ0v) is 11.8. The van der Waals surface area contributed by atoms with Crippen molar-refractivity contribution in [2.24, 2.45) is 0 Å². The average Bonchev–Trinajstić information content (AvgIpc) is 2.98. The van der Waals surface area contributed by atoms with Gasteiger partial charge in [0.05, 0.1) is 13.5 Å². The van der Waals surface area contributed by atoms with E-state index in [0.717, 1.165) is 25.8 Å². The molecule has 0 saturated carbocycles. The van der Waals surface area contributed by atoms with Gasteiger partial charge in [0.25, 0.3) is 0 Å². The van der Waals surface area contributed by atoms with Gasteiger partial charge in [0.15, 0.2) is 0 Å². The Morgan fingerprint density at radius 2 is 2.25 bits per heavy atom. The molecule has 20 heavy (non-hydrogen) atoms. The molecule has 1 saturated heterocycles. The third-order valence-corrected chi connectivity index (χ3v) is 3.69. The first-order valence-electron chi connectivity index (χ1n) is 7.04. The third kappa shape index (κ3) is 3.82. The van der Waals surface area contributed by atoms with E-state index in [1.807, 2.05) is 17.2 Å². The maximum atomic E-state index is 12.3. The van der Waals surface area contributed by atoms with Gasteiger partial charge >= 0.3 is 5.97 Å². The summed E-state index contributed by atoms with van der Waals surface area (Å²) in [6.45, 7) is 1.31. The fourth-order valence-electron chi connectivity index (χ4n) is 2.60. The summed E-state index contributed by atoms with van der Waals surface area (Å²) in [4.78, 5) is 25.6. The van der Waals surface area contributed by atoms with E-state index in [2.05, 4.69) is 5.10 Å². The van der Waals surface area contributed by atoms with Crippen molar-refractivity contribution >= 4 is 11.9 Å². The molecule has 0 aliphatic carbocycles. The first kappa shape index (κ1) is 14.6. The molecule has 6 nitrogen and oxygen atoms in total. The van der Waals surface area contributed by atoms with Gasteiger partial charge in [0, 0.05) is 37.9 Å². The molecule has 1 atom stereocenters. The fraction of sp³-hybridized carbons (Fsp3) is 0.643. The highest BCUT2D eigenvalue weighted by molar-refractivity contribution is 5.78. The Morgan fingerprint density at radius 3 is 2.95 bits per heavy atom. The Kier molecular flexibility index (Phi) is 5.15. The number of amides is 1. The topological polar surface area (TPSA) is 64.4 Å². The number of aromatic nitrogens is 2. The Balaban J connectivity index is 1.89. The smallest absolute Gasteiger partial charge is 0.307 e. The third-order valence-electron chi connectivity index (χ3n) is 3.69. The summed E-state index contributed by atoms with van der Waals surface area (Å²) in [7, 11) is 1.38. The Hall–Kier alpha value is -1.85. The van der Waals surface area contributed by atoms with E-state index in [1.165, 1.54) is 7.11 Å². The minimum absolute atomic E-state index is 0.0127. The Morgan fingerprint density at radius 1 is 1.40 bits per heavy atom. The molecule has 110 valence electrons. The summed E-state index contributed by atoms with van der Waals surface area (Å²) in [6.07, 6.45) is 7.20. The second-order valence-electron chi connectivity index (χ2n) is 5.04.